The van der Waals surface area contributed by atoms with Crippen LogP contribution in [0.4, 0.5) is 10.1 Å². The fourth-order valence-corrected chi connectivity index (χ4v) is 2.45. The molecule has 0 aliphatic heterocycles. The average molecular weight is 301 g/mol. The number of nitrogens with zero attached hydrogens (tertiary/aromatic N) is 1. The molecule has 0 bridgehead atoms. The molecule has 1 aromatic heterocycles. The Morgan fingerprint density at radius 2 is 1.95 bits per heavy atom. The van der Waals surface area contributed by atoms with Crippen molar-refractivity contribution in [1.82, 2.24) is 4.98 Å². The molecule has 1 heterocycles. The van der Waals surface area contributed by atoms with Crippen LogP contribution in [0.3, 0.4) is 0 Å². The molecular weight excluding hydrogens is 287 g/mol. The summed E-state index contributed by atoms with van der Waals surface area (Å²) in [6, 6.07) is 14.5. The van der Waals surface area contributed by atoms with Gasteiger partial charge in [-0.05, 0) is 48.9 Å². The normalized spacial score (nSPS) is 10.8. The molecule has 106 valence electrons. The van der Waals surface area contributed by atoms with Gasteiger partial charge in [0.25, 0.3) is 0 Å². The number of nitrogens with one attached hydrogen (secondary N) is 1. The van der Waals surface area contributed by atoms with E-state index in [0.717, 1.165) is 27.8 Å². The van der Waals surface area contributed by atoms with Crippen molar-refractivity contribution in [3.8, 4) is 0 Å². The summed E-state index contributed by atoms with van der Waals surface area (Å²) in [6.45, 7) is 2.60. The number of fused-ring (bicyclic) bond motifs is 1. The fourth-order valence-electron chi connectivity index (χ4n) is 2.22. The Morgan fingerprint density at radius 1 is 1.10 bits per heavy atom. The molecule has 0 saturated heterocycles. The number of anilines is 1. The van der Waals surface area contributed by atoms with Crippen LogP contribution in [-0.4, -0.2) is 4.98 Å². The Bertz CT molecular complexity index is 802. The van der Waals surface area contributed by atoms with Gasteiger partial charge in [0.1, 0.15) is 5.82 Å². The quantitative estimate of drug-likeness (QED) is 0.740. The third kappa shape index (κ3) is 3.14. The Kier molecular flexibility index (Phi) is 3.76. The van der Waals surface area contributed by atoms with E-state index in [-0.39, 0.29) is 5.82 Å². The maximum absolute atomic E-state index is 13.0. The molecule has 0 aliphatic carbocycles. The van der Waals surface area contributed by atoms with E-state index in [1.165, 1.54) is 12.1 Å². The van der Waals surface area contributed by atoms with Gasteiger partial charge >= 0.3 is 0 Å². The largest absolute Gasteiger partial charge is 0.380 e. The first-order valence-corrected chi connectivity index (χ1v) is 7.05. The van der Waals surface area contributed by atoms with Gasteiger partial charge in [0.2, 0.25) is 0 Å². The van der Waals surface area contributed by atoms with E-state index in [1.54, 1.807) is 6.07 Å². The molecule has 0 atom stereocenters. The molecule has 2 aromatic carbocycles. The maximum atomic E-state index is 13.0. The molecule has 0 fully saturated rings. The molecule has 2 nitrogen and oxygen atoms in total. The molecule has 0 spiro atoms. The van der Waals surface area contributed by atoms with Crippen LogP contribution in [-0.2, 0) is 6.54 Å². The molecule has 21 heavy (non-hydrogen) atoms. The van der Waals surface area contributed by atoms with Gasteiger partial charge in [0.05, 0.1) is 16.2 Å². The van der Waals surface area contributed by atoms with Crippen LogP contribution in [0.5, 0.6) is 0 Å². The molecule has 3 aromatic rings. The zero-order chi connectivity index (χ0) is 14.8. The lowest BCUT2D eigenvalue weighted by atomic mass is 10.1. The highest BCUT2D eigenvalue weighted by Gasteiger charge is 2.03. The minimum Gasteiger partial charge on any atom is -0.380 e. The lowest BCUT2D eigenvalue weighted by Crippen LogP contribution is -2.00. The molecule has 0 radical (unpaired) electrons. The summed E-state index contributed by atoms with van der Waals surface area (Å²) in [6.07, 6.45) is 0. The van der Waals surface area contributed by atoms with Crippen LogP contribution in [0.2, 0.25) is 5.02 Å². The molecule has 3 rings (SSSR count). The van der Waals surface area contributed by atoms with Gasteiger partial charge in [0.15, 0.2) is 0 Å². The third-order valence-corrected chi connectivity index (χ3v) is 3.62. The molecule has 0 saturated carbocycles. The highest BCUT2D eigenvalue weighted by atomic mass is 35.5. The Labute approximate surface area is 127 Å². The summed E-state index contributed by atoms with van der Waals surface area (Å²) in [4.78, 5) is 4.48. The summed E-state index contributed by atoms with van der Waals surface area (Å²) in [5.74, 6) is -0.335. The highest BCUT2D eigenvalue weighted by molar-refractivity contribution is 6.33. The van der Waals surface area contributed by atoms with Crippen LogP contribution in [0, 0.1) is 12.7 Å². The summed E-state index contributed by atoms with van der Waals surface area (Å²) in [5.41, 5.74) is 3.83. The van der Waals surface area contributed by atoms with E-state index < -0.39 is 0 Å². The molecular formula is C17H14ClFN2. The molecule has 0 aliphatic rings. The van der Waals surface area contributed by atoms with Gasteiger partial charge in [0, 0.05) is 17.6 Å². The number of aromatic nitrogens is 1. The first kappa shape index (κ1) is 13.8. The predicted molar refractivity (Wildman–Crippen MR) is 85.2 cm³/mol. The van der Waals surface area contributed by atoms with Crippen molar-refractivity contribution in [2.24, 2.45) is 0 Å². The number of pyridine rings is 1. The third-order valence-electron chi connectivity index (χ3n) is 3.31. The number of benzene rings is 2. The SMILES string of the molecule is Cc1ccc2cc(CNc3ccc(F)cc3Cl)ccc2n1. The van der Waals surface area contributed by atoms with Gasteiger partial charge < -0.3 is 5.32 Å². The summed E-state index contributed by atoms with van der Waals surface area (Å²) in [7, 11) is 0. The fraction of sp³-hybridized carbons (Fsp3) is 0.118. The van der Waals surface area contributed by atoms with Crippen LogP contribution >= 0.6 is 11.6 Å². The standard InChI is InChI=1S/C17H14ClFN2/c1-11-2-4-13-8-12(3-6-16(13)21-11)10-20-17-7-5-14(19)9-15(17)18/h2-9,20H,10H2,1H3. The topological polar surface area (TPSA) is 24.9 Å². The first-order valence-electron chi connectivity index (χ1n) is 6.67. The first-order chi connectivity index (χ1) is 10.1. The molecule has 1 N–H and O–H groups in total. The van der Waals surface area contributed by atoms with Gasteiger partial charge in [-0.25, -0.2) is 4.39 Å². The van der Waals surface area contributed by atoms with Gasteiger partial charge in [-0.3, -0.25) is 4.98 Å². The van der Waals surface area contributed by atoms with Crippen molar-refractivity contribution in [3.63, 3.8) is 0 Å². The zero-order valence-electron chi connectivity index (χ0n) is 11.5. The van der Waals surface area contributed by atoms with E-state index in [4.69, 9.17) is 11.6 Å². The predicted octanol–water partition coefficient (Wildman–Crippen LogP) is 4.95. The van der Waals surface area contributed by atoms with Gasteiger partial charge in [-0.1, -0.05) is 23.7 Å². The van der Waals surface area contributed by atoms with Crippen molar-refractivity contribution in [3.05, 3.63) is 70.6 Å². The Hall–Kier alpha value is -2.13. The van der Waals surface area contributed by atoms with Crippen LogP contribution in [0.25, 0.3) is 10.9 Å². The number of halogens is 2. The Morgan fingerprint density at radius 3 is 2.76 bits per heavy atom. The van der Waals surface area contributed by atoms with Crippen molar-refractivity contribution in [1.29, 1.82) is 0 Å². The zero-order valence-corrected chi connectivity index (χ0v) is 12.3. The molecule has 0 unspecified atom stereocenters. The number of rotatable bonds is 3. The second-order valence-electron chi connectivity index (χ2n) is 4.96. The summed E-state index contributed by atoms with van der Waals surface area (Å²) < 4.78 is 13.0. The summed E-state index contributed by atoms with van der Waals surface area (Å²) in [5, 5.41) is 4.70. The van der Waals surface area contributed by atoms with Gasteiger partial charge in [-0.2, -0.15) is 0 Å². The lowest BCUT2D eigenvalue weighted by Gasteiger charge is -2.09. The van der Waals surface area contributed by atoms with Crippen LogP contribution < -0.4 is 5.32 Å². The Balaban J connectivity index is 1.80. The maximum Gasteiger partial charge on any atom is 0.124 e. The van der Waals surface area contributed by atoms with Crippen molar-refractivity contribution in [2.75, 3.05) is 5.32 Å². The lowest BCUT2D eigenvalue weighted by molar-refractivity contribution is 0.628. The highest BCUT2D eigenvalue weighted by Crippen LogP contribution is 2.23. The molecule has 4 heteroatoms. The van der Waals surface area contributed by atoms with Crippen molar-refractivity contribution >= 4 is 28.2 Å². The van der Waals surface area contributed by atoms with E-state index in [2.05, 4.69) is 22.4 Å². The van der Waals surface area contributed by atoms with Crippen molar-refractivity contribution in [2.45, 2.75) is 13.5 Å². The second-order valence-corrected chi connectivity index (χ2v) is 5.36. The minimum absolute atomic E-state index is 0.335. The monoisotopic (exact) mass is 300 g/mol. The minimum atomic E-state index is -0.335. The van der Waals surface area contributed by atoms with Gasteiger partial charge in [-0.15, -0.1) is 0 Å². The number of aryl methyl sites for hydroxylation is 1. The average Bonchev–Trinajstić information content (AvgIpc) is 2.46. The van der Waals surface area contributed by atoms with Crippen molar-refractivity contribution < 1.29 is 4.39 Å². The van der Waals surface area contributed by atoms with Crippen LogP contribution in [0.1, 0.15) is 11.3 Å². The van der Waals surface area contributed by atoms with E-state index in [1.807, 2.05) is 25.1 Å². The van der Waals surface area contributed by atoms with E-state index in [9.17, 15) is 4.39 Å². The number of hydrogen-bond donors (Lipinski definition) is 1. The number of hydrogen-bond acceptors (Lipinski definition) is 2. The van der Waals surface area contributed by atoms with E-state index in [0.29, 0.717) is 11.6 Å². The summed E-state index contributed by atoms with van der Waals surface area (Å²) >= 11 is 6.00. The smallest absolute Gasteiger partial charge is 0.124 e. The molecule has 0 amide bonds. The van der Waals surface area contributed by atoms with Crippen LogP contribution in [0.15, 0.2) is 48.5 Å². The second kappa shape index (κ2) is 5.70. The van der Waals surface area contributed by atoms with E-state index >= 15 is 0 Å².